The smallest absolute Gasteiger partial charge is 0.433 e. The molecule has 0 saturated carbocycles. The first kappa shape index (κ1) is 23.2. The van der Waals surface area contributed by atoms with Gasteiger partial charge in [-0.2, -0.15) is 13.2 Å². The van der Waals surface area contributed by atoms with E-state index >= 15 is 0 Å². The minimum Gasteiger partial charge on any atom is -0.469 e. The molecule has 0 bridgehead atoms. The number of carbonyl (C=O) groups excluding carboxylic acids is 1. The number of ether oxygens (including phenoxy) is 1. The Kier molecular flexibility index (Phi) is 5.91. The maximum absolute atomic E-state index is 13.8. The van der Waals surface area contributed by atoms with Crippen molar-refractivity contribution in [2.45, 2.75) is 37.3 Å². The number of fused-ring (bicyclic) bond motifs is 2. The average molecular weight is 498 g/mol. The van der Waals surface area contributed by atoms with E-state index in [1.165, 1.54) is 30.6 Å². The van der Waals surface area contributed by atoms with Crippen molar-refractivity contribution < 1.29 is 31.1 Å². The van der Waals surface area contributed by atoms with Gasteiger partial charge in [0.1, 0.15) is 10.6 Å². The molecule has 0 fully saturated rings. The number of thiazole rings is 1. The molecule has 0 unspecified atom stereocenters. The zero-order valence-electron chi connectivity index (χ0n) is 17.5. The van der Waals surface area contributed by atoms with Gasteiger partial charge in [-0.1, -0.05) is 6.07 Å². The molecule has 0 aliphatic heterocycles. The summed E-state index contributed by atoms with van der Waals surface area (Å²) in [4.78, 5) is 19.5. The summed E-state index contributed by atoms with van der Waals surface area (Å²) in [6.45, 7) is 1.76. The summed E-state index contributed by atoms with van der Waals surface area (Å²) in [5, 5.41) is 0.680. The fourth-order valence-corrected chi connectivity index (χ4v) is 6.50. The lowest BCUT2D eigenvalue weighted by Gasteiger charge is -2.13. The molecule has 0 saturated heterocycles. The van der Waals surface area contributed by atoms with Gasteiger partial charge in [0, 0.05) is 12.1 Å². The van der Waals surface area contributed by atoms with Crippen LogP contribution in [0.3, 0.4) is 0 Å². The minimum atomic E-state index is -4.67. The summed E-state index contributed by atoms with van der Waals surface area (Å²) < 4.78 is 73.2. The average Bonchev–Trinajstić information content (AvgIpc) is 3.31. The van der Waals surface area contributed by atoms with Crippen molar-refractivity contribution in [2.24, 2.45) is 0 Å². The number of pyridine rings is 1. The van der Waals surface area contributed by atoms with Crippen LogP contribution >= 0.6 is 11.3 Å². The molecule has 1 aromatic carbocycles. The largest absolute Gasteiger partial charge is 0.469 e. The lowest BCUT2D eigenvalue weighted by atomic mass is 10.2. The third kappa shape index (κ3) is 4.32. The number of carbonyl (C=O) groups is 1. The van der Waals surface area contributed by atoms with E-state index in [0.29, 0.717) is 15.2 Å². The second kappa shape index (κ2) is 8.41. The van der Waals surface area contributed by atoms with E-state index < -0.39 is 27.9 Å². The summed E-state index contributed by atoms with van der Waals surface area (Å²) in [5.41, 5.74) is -0.465. The molecule has 3 aromatic heterocycles. The molecular formula is C21H18F3N3O4S2. The standard InChI is InChI=1S/C21H18F3N3O4S2/c1-12-25-14-6-4-7-17(20(14)32-12)33(29,30)27-13(5-3-8-19(28)31-2)11-15-16(27)9-10-18(26-15)21(22,23)24/h4,6-7,9-11H,3,5,8H2,1-2H3. The van der Waals surface area contributed by atoms with E-state index in [0.717, 1.165) is 16.1 Å². The zero-order valence-corrected chi connectivity index (χ0v) is 19.1. The normalized spacial score (nSPS) is 12.5. The van der Waals surface area contributed by atoms with Gasteiger partial charge >= 0.3 is 12.1 Å². The minimum absolute atomic E-state index is 0.00258. The van der Waals surface area contributed by atoms with Gasteiger partial charge in [-0.3, -0.25) is 4.79 Å². The van der Waals surface area contributed by atoms with Crippen LogP contribution in [0, 0.1) is 6.92 Å². The highest BCUT2D eigenvalue weighted by atomic mass is 32.2. The van der Waals surface area contributed by atoms with Crippen LogP contribution in [-0.2, 0) is 32.2 Å². The molecule has 0 radical (unpaired) electrons. The number of halogens is 3. The molecule has 0 spiro atoms. The highest BCUT2D eigenvalue weighted by Gasteiger charge is 2.34. The van der Waals surface area contributed by atoms with Gasteiger partial charge in [-0.15, -0.1) is 11.3 Å². The van der Waals surface area contributed by atoms with E-state index in [1.54, 1.807) is 19.1 Å². The predicted octanol–water partition coefficient (Wildman–Crippen LogP) is 4.71. The predicted molar refractivity (Wildman–Crippen MR) is 117 cm³/mol. The van der Waals surface area contributed by atoms with E-state index in [4.69, 9.17) is 0 Å². The molecule has 0 aliphatic carbocycles. The van der Waals surface area contributed by atoms with Crippen molar-refractivity contribution in [3.63, 3.8) is 0 Å². The van der Waals surface area contributed by atoms with Crippen LogP contribution < -0.4 is 0 Å². The van der Waals surface area contributed by atoms with Crippen molar-refractivity contribution in [2.75, 3.05) is 7.11 Å². The van der Waals surface area contributed by atoms with E-state index in [-0.39, 0.29) is 40.9 Å². The quantitative estimate of drug-likeness (QED) is 0.359. The van der Waals surface area contributed by atoms with Crippen molar-refractivity contribution in [3.8, 4) is 0 Å². The van der Waals surface area contributed by atoms with Gasteiger partial charge in [0.2, 0.25) is 0 Å². The van der Waals surface area contributed by atoms with E-state index in [9.17, 15) is 26.4 Å². The number of aryl methyl sites for hydroxylation is 2. The SMILES string of the molecule is COC(=O)CCCc1cc2nc(C(F)(F)F)ccc2n1S(=O)(=O)c1cccc2nc(C)sc12. The molecule has 0 amide bonds. The van der Waals surface area contributed by atoms with Crippen LogP contribution in [0.5, 0.6) is 0 Å². The third-order valence-electron chi connectivity index (χ3n) is 5.02. The maximum Gasteiger partial charge on any atom is 0.433 e. The second-order valence-electron chi connectivity index (χ2n) is 7.27. The molecule has 3 heterocycles. The van der Waals surface area contributed by atoms with Crippen molar-refractivity contribution in [3.05, 3.63) is 52.8 Å². The number of esters is 1. The van der Waals surface area contributed by atoms with E-state index in [2.05, 4.69) is 14.7 Å². The number of nitrogens with zero attached hydrogens (tertiary/aromatic N) is 3. The Morgan fingerprint density at radius 3 is 2.61 bits per heavy atom. The molecule has 0 aliphatic rings. The summed E-state index contributed by atoms with van der Waals surface area (Å²) in [6, 6.07) is 7.87. The van der Waals surface area contributed by atoms with Gasteiger partial charge < -0.3 is 4.74 Å². The molecule has 0 N–H and O–H groups in total. The molecule has 12 heteroatoms. The molecule has 4 rings (SSSR count). The number of methoxy groups -OCH3 is 1. The summed E-state index contributed by atoms with van der Waals surface area (Å²) in [7, 11) is -2.98. The number of hydrogen-bond acceptors (Lipinski definition) is 7. The summed E-state index contributed by atoms with van der Waals surface area (Å²) in [5.74, 6) is -0.470. The Balaban J connectivity index is 1.91. The monoisotopic (exact) mass is 497 g/mol. The molecular weight excluding hydrogens is 479 g/mol. The number of hydrogen-bond donors (Lipinski definition) is 0. The first-order valence-corrected chi connectivity index (χ1v) is 12.0. The Bertz CT molecular complexity index is 1470. The van der Waals surface area contributed by atoms with Gasteiger partial charge in [0.25, 0.3) is 10.0 Å². The van der Waals surface area contributed by atoms with Gasteiger partial charge in [-0.05, 0) is 50.1 Å². The fraction of sp³-hybridized carbons (Fsp3) is 0.286. The highest BCUT2D eigenvalue weighted by Crippen LogP contribution is 2.34. The molecule has 4 aromatic rings. The van der Waals surface area contributed by atoms with Gasteiger partial charge in [-0.25, -0.2) is 22.4 Å². The van der Waals surface area contributed by atoms with Crippen LogP contribution in [0.15, 0.2) is 41.3 Å². The molecule has 33 heavy (non-hydrogen) atoms. The molecule has 7 nitrogen and oxygen atoms in total. The topological polar surface area (TPSA) is 91.1 Å². The van der Waals surface area contributed by atoms with Crippen LogP contribution in [0.2, 0.25) is 0 Å². The number of rotatable bonds is 6. The first-order valence-electron chi connectivity index (χ1n) is 9.79. The third-order valence-corrected chi connectivity index (χ3v) is 7.98. The maximum atomic E-state index is 13.8. The van der Waals surface area contributed by atoms with Crippen LogP contribution in [0.4, 0.5) is 13.2 Å². The molecule has 174 valence electrons. The van der Waals surface area contributed by atoms with Crippen LogP contribution in [-0.4, -0.2) is 35.4 Å². The second-order valence-corrected chi connectivity index (χ2v) is 10.2. The van der Waals surface area contributed by atoms with Crippen LogP contribution in [0.1, 0.15) is 29.2 Å². The molecule has 0 atom stereocenters. The van der Waals surface area contributed by atoms with E-state index in [1.807, 2.05) is 0 Å². The zero-order chi connectivity index (χ0) is 24.0. The number of benzene rings is 1. The first-order chi connectivity index (χ1) is 15.5. The summed E-state index contributed by atoms with van der Waals surface area (Å²) >= 11 is 1.22. The highest BCUT2D eigenvalue weighted by molar-refractivity contribution is 7.90. The number of aromatic nitrogens is 3. The Hall–Kier alpha value is -2.99. The lowest BCUT2D eigenvalue weighted by Crippen LogP contribution is -2.16. The summed E-state index contributed by atoms with van der Waals surface area (Å²) in [6.07, 6.45) is -4.28. The van der Waals surface area contributed by atoms with Crippen molar-refractivity contribution >= 4 is 48.6 Å². The van der Waals surface area contributed by atoms with Gasteiger partial charge in [0.15, 0.2) is 0 Å². The van der Waals surface area contributed by atoms with Crippen LogP contribution in [0.25, 0.3) is 21.3 Å². The fourth-order valence-electron chi connectivity index (χ4n) is 3.58. The number of alkyl halides is 3. The Morgan fingerprint density at radius 2 is 1.91 bits per heavy atom. The van der Waals surface area contributed by atoms with Crippen molar-refractivity contribution in [1.29, 1.82) is 0 Å². The van der Waals surface area contributed by atoms with Gasteiger partial charge in [0.05, 0.1) is 33.4 Å². The Labute approximate surface area is 190 Å². The Morgan fingerprint density at radius 1 is 1.15 bits per heavy atom. The lowest BCUT2D eigenvalue weighted by molar-refractivity contribution is -0.141. The van der Waals surface area contributed by atoms with Crippen molar-refractivity contribution in [1.82, 2.24) is 13.9 Å².